The first kappa shape index (κ1) is 36.1. The van der Waals surface area contributed by atoms with Crippen molar-refractivity contribution >= 4 is 11.9 Å². The third kappa shape index (κ3) is 11.5. The van der Waals surface area contributed by atoms with Gasteiger partial charge in [0.25, 0.3) is 0 Å². The van der Waals surface area contributed by atoms with Crippen LogP contribution in [-0.2, 0) is 19.1 Å². The zero-order valence-corrected chi connectivity index (χ0v) is 29.3. The minimum atomic E-state index is -0.479. The number of hydrogen-bond donors (Lipinski definition) is 0. The molecule has 0 aliphatic heterocycles. The quantitative estimate of drug-likeness (QED) is 0.243. The fraction of sp³-hybridized carbons (Fsp3) is 0.946. The lowest BCUT2D eigenvalue weighted by Gasteiger charge is -2.41. The summed E-state index contributed by atoms with van der Waals surface area (Å²) in [6.45, 7) is 26.3. The molecule has 0 heterocycles. The lowest BCUT2D eigenvalue weighted by Crippen LogP contribution is -2.44. The molecule has 3 unspecified atom stereocenters. The van der Waals surface area contributed by atoms with Crippen molar-refractivity contribution in [2.45, 2.75) is 184 Å². The number of carbonyl (C=O) groups excluding carboxylic acids is 2. The van der Waals surface area contributed by atoms with Crippen LogP contribution in [0.3, 0.4) is 0 Å². The summed E-state index contributed by atoms with van der Waals surface area (Å²) in [5, 5.41) is 0. The number of rotatable bonds is 10. The normalized spacial score (nSPS) is 27.2. The first-order chi connectivity index (χ1) is 18.7. The third-order valence-corrected chi connectivity index (χ3v) is 10.4. The average Bonchev–Trinajstić information content (AvgIpc) is 2.79. The van der Waals surface area contributed by atoms with Gasteiger partial charge in [-0.05, 0) is 120 Å². The third-order valence-electron chi connectivity index (χ3n) is 10.4. The van der Waals surface area contributed by atoms with Gasteiger partial charge in [-0.1, -0.05) is 81.6 Å². The van der Waals surface area contributed by atoms with Gasteiger partial charge >= 0.3 is 11.9 Å². The van der Waals surface area contributed by atoms with Gasteiger partial charge in [0.1, 0.15) is 11.2 Å². The van der Waals surface area contributed by atoms with Crippen LogP contribution in [0.5, 0.6) is 0 Å². The Balaban J connectivity index is 2.02. The lowest BCUT2D eigenvalue weighted by atomic mass is 9.68. The minimum absolute atomic E-state index is 0.0223. The molecule has 0 saturated heterocycles. The second-order valence-corrected chi connectivity index (χ2v) is 17.8. The summed E-state index contributed by atoms with van der Waals surface area (Å²) in [5.74, 6) is 1.09. The predicted molar refractivity (Wildman–Crippen MR) is 172 cm³/mol. The van der Waals surface area contributed by atoms with Crippen molar-refractivity contribution in [3.8, 4) is 0 Å². The van der Waals surface area contributed by atoms with Gasteiger partial charge in [-0.2, -0.15) is 0 Å². The summed E-state index contributed by atoms with van der Waals surface area (Å²) in [4.78, 5) is 27.3. The topological polar surface area (TPSA) is 52.6 Å². The predicted octanol–water partition coefficient (Wildman–Crippen LogP) is 10.7. The highest BCUT2D eigenvalue weighted by molar-refractivity contribution is 5.77. The van der Waals surface area contributed by atoms with E-state index < -0.39 is 11.0 Å². The van der Waals surface area contributed by atoms with Crippen LogP contribution in [-0.4, -0.2) is 23.1 Å². The molecule has 2 aliphatic rings. The maximum absolute atomic E-state index is 13.6. The molecule has 0 aromatic heterocycles. The Kier molecular flexibility index (Phi) is 12.5. The van der Waals surface area contributed by atoms with E-state index in [-0.39, 0.29) is 40.2 Å². The zero-order valence-electron chi connectivity index (χ0n) is 29.3. The van der Waals surface area contributed by atoms with E-state index in [2.05, 4.69) is 83.1 Å². The van der Waals surface area contributed by atoms with Crippen molar-refractivity contribution in [2.24, 2.45) is 39.9 Å². The first-order valence-corrected chi connectivity index (χ1v) is 17.1. The summed E-state index contributed by atoms with van der Waals surface area (Å²) >= 11 is 0. The highest BCUT2D eigenvalue weighted by Crippen LogP contribution is 2.44. The van der Waals surface area contributed by atoms with Crippen molar-refractivity contribution in [3.63, 3.8) is 0 Å². The number of hydrogen-bond acceptors (Lipinski definition) is 4. The highest BCUT2D eigenvalue weighted by atomic mass is 16.6. The molecule has 2 rings (SSSR count). The minimum Gasteiger partial charge on any atom is -0.459 e. The van der Waals surface area contributed by atoms with Gasteiger partial charge in [0.05, 0.1) is 11.3 Å². The molecule has 0 spiro atoms. The Morgan fingerprint density at radius 3 is 1.68 bits per heavy atom. The summed E-state index contributed by atoms with van der Waals surface area (Å²) in [6, 6.07) is 0. The standard InChI is InChI=1S/C37H68O4/c1-27(2)37(12,26-34(7,8)9)32(39)41-36(11)22-16-18-29(19-17-23-36)24-28(3)30(25-33(4,5)6)31(38)40-35(10)20-14-13-15-21-35/h27-30H,13-26H2,1-12H3. The summed E-state index contributed by atoms with van der Waals surface area (Å²) in [5.41, 5.74) is -1.01. The Hall–Kier alpha value is -1.06. The van der Waals surface area contributed by atoms with Crippen molar-refractivity contribution in [1.29, 1.82) is 0 Å². The van der Waals surface area contributed by atoms with E-state index in [1.807, 2.05) is 0 Å². The van der Waals surface area contributed by atoms with Crippen molar-refractivity contribution < 1.29 is 19.1 Å². The molecule has 2 aliphatic carbocycles. The smallest absolute Gasteiger partial charge is 0.312 e. The Morgan fingerprint density at radius 2 is 1.22 bits per heavy atom. The van der Waals surface area contributed by atoms with Crippen molar-refractivity contribution in [1.82, 2.24) is 0 Å². The van der Waals surface area contributed by atoms with Crippen LogP contribution in [0.2, 0.25) is 0 Å². The van der Waals surface area contributed by atoms with E-state index in [1.165, 1.54) is 6.42 Å². The fourth-order valence-corrected chi connectivity index (χ4v) is 7.68. The van der Waals surface area contributed by atoms with Crippen LogP contribution in [0.25, 0.3) is 0 Å². The number of esters is 2. The van der Waals surface area contributed by atoms with E-state index in [0.717, 1.165) is 83.5 Å². The average molecular weight is 577 g/mol. The SMILES string of the molecule is CC(CC1CCCC(C)(OC(=O)C(C)(CC(C)(C)C)C(C)C)CCC1)C(CC(C)(C)C)C(=O)OC1(C)CCCCC1. The second kappa shape index (κ2) is 14.1. The van der Waals surface area contributed by atoms with Gasteiger partial charge in [0.15, 0.2) is 0 Å². The van der Waals surface area contributed by atoms with Gasteiger partial charge in [0, 0.05) is 0 Å². The molecule has 0 radical (unpaired) electrons. The molecule has 2 fully saturated rings. The monoisotopic (exact) mass is 577 g/mol. The molecule has 240 valence electrons. The van der Waals surface area contributed by atoms with Crippen LogP contribution in [0, 0.1) is 39.9 Å². The number of carbonyl (C=O) groups is 2. The molecule has 0 amide bonds. The fourth-order valence-electron chi connectivity index (χ4n) is 7.68. The Bertz CT molecular complexity index is 828. The van der Waals surface area contributed by atoms with Crippen LogP contribution in [0.15, 0.2) is 0 Å². The molecular weight excluding hydrogens is 508 g/mol. The molecule has 0 aromatic carbocycles. The van der Waals surface area contributed by atoms with Gasteiger partial charge in [-0.3, -0.25) is 9.59 Å². The Morgan fingerprint density at radius 1 is 0.732 bits per heavy atom. The Labute approximate surface area is 254 Å². The van der Waals surface area contributed by atoms with Crippen LogP contribution in [0.4, 0.5) is 0 Å². The summed E-state index contributed by atoms with van der Waals surface area (Å²) in [6.07, 6.45) is 14.5. The van der Waals surface area contributed by atoms with Crippen LogP contribution >= 0.6 is 0 Å². The van der Waals surface area contributed by atoms with E-state index in [9.17, 15) is 9.59 Å². The molecule has 0 aromatic rings. The van der Waals surface area contributed by atoms with E-state index in [0.29, 0.717) is 11.8 Å². The van der Waals surface area contributed by atoms with Gasteiger partial charge in [-0.25, -0.2) is 0 Å². The number of ether oxygens (including phenoxy) is 2. The lowest BCUT2D eigenvalue weighted by molar-refractivity contribution is -0.177. The molecule has 0 bridgehead atoms. The highest BCUT2D eigenvalue weighted by Gasteiger charge is 2.44. The van der Waals surface area contributed by atoms with Gasteiger partial charge in [-0.15, -0.1) is 0 Å². The molecule has 2 saturated carbocycles. The molecule has 41 heavy (non-hydrogen) atoms. The molecule has 4 nitrogen and oxygen atoms in total. The van der Waals surface area contributed by atoms with E-state index >= 15 is 0 Å². The summed E-state index contributed by atoms with van der Waals surface area (Å²) in [7, 11) is 0. The van der Waals surface area contributed by atoms with Crippen molar-refractivity contribution in [3.05, 3.63) is 0 Å². The van der Waals surface area contributed by atoms with E-state index in [1.54, 1.807) is 0 Å². The van der Waals surface area contributed by atoms with Gasteiger partial charge < -0.3 is 9.47 Å². The van der Waals surface area contributed by atoms with Gasteiger partial charge in [0.2, 0.25) is 0 Å². The molecule has 4 heteroatoms. The van der Waals surface area contributed by atoms with E-state index in [4.69, 9.17) is 9.47 Å². The van der Waals surface area contributed by atoms with Crippen molar-refractivity contribution in [2.75, 3.05) is 0 Å². The zero-order chi connectivity index (χ0) is 31.3. The maximum atomic E-state index is 13.6. The molecule has 3 atom stereocenters. The summed E-state index contributed by atoms with van der Waals surface area (Å²) < 4.78 is 12.7. The largest absolute Gasteiger partial charge is 0.459 e. The maximum Gasteiger partial charge on any atom is 0.312 e. The first-order valence-electron chi connectivity index (χ1n) is 17.1. The molecular formula is C37H68O4. The second-order valence-electron chi connectivity index (χ2n) is 17.8. The van der Waals surface area contributed by atoms with Crippen LogP contribution in [0.1, 0.15) is 173 Å². The van der Waals surface area contributed by atoms with Crippen LogP contribution < -0.4 is 0 Å². The molecule has 0 N–H and O–H groups in total.